The number of carbonyl (C=O) groups is 2. The van der Waals surface area contributed by atoms with Gasteiger partial charge in [0, 0.05) is 7.11 Å². The van der Waals surface area contributed by atoms with Crippen LogP contribution in [0.1, 0.15) is 13.8 Å². The Kier molecular flexibility index (Phi) is 3.14. The van der Waals surface area contributed by atoms with E-state index in [0.29, 0.717) is 0 Å². The molecule has 0 spiro atoms. The van der Waals surface area contributed by atoms with Gasteiger partial charge in [-0.15, -0.1) is 0 Å². The standard InChI is InChI=1S/C12H18N2O7/c1-11(2)20-5-6(21-11)8(17-3)19-7(5)12(9(13)15)4-18-10(16)14-12/h5-8H,4H2,1-3H3,(H2,13,15)(H,14,16)/t5-,6+,7+,8+,12+/m1/s1. The third kappa shape index (κ3) is 2.08. The van der Waals surface area contributed by atoms with E-state index in [1.807, 2.05) is 0 Å². The summed E-state index contributed by atoms with van der Waals surface area (Å²) in [6, 6.07) is 0. The van der Waals surface area contributed by atoms with Gasteiger partial charge in [-0.05, 0) is 13.8 Å². The fraction of sp³-hybridized carbons (Fsp3) is 0.833. The summed E-state index contributed by atoms with van der Waals surface area (Å²) in [5.74, 6) is -1.61. The Labute approximate surface area is 121 Å². The van der Waals surface area contributed by atoms with E-state index in [1.165, 1.54) is 7.11 Å². The zero-order chi connectivity index (χ0) is 15.4. The van der Waals surface area contributed by atoms with Crippen LogP contribution in [-0.4, -0.2) is 61.6 Å². The van der Waals surface area contributed by atoms with Gasteiger partial charge in [-0.2, -0.15) is 0 Å². The number of hydrogen-bond acceptors (Lipinski definition) is 7. The average Bonchev–Trinajstić information content (AvgIpc) is 3.00. The molecule has 9 nitrogen and oxygen atoms in total. The molecule has 0 bridgehead atoms. The number of fused-ring (bicyclic) bond motifs is 1. The van der Waals surface area contributed by atoms with E-state index in [0.717, 1.165) is 0 Å². The molecule has 2 amide bonds. The highest BCUT2D eigenvalue weighted by atomic mass is 16.8. The van der Waals surface area contributed by atoms with E-state index < -0.39 is 47.9 Å². The van der Waals surface area contributed by atoms with Crippen molar-refractivity contribution >= 4 is 12.0 Å². The minimum Gasteiger partial charge on any atom is -0.446 e. The highest BCUT2D eigenvalue weighted by Crippen LogP contribution is 2.43. The molecule has 3 aliphatic rings. The maximum Gasteiger partial charge on any atom is 0.408 e. The van der Waals surface area contributed by atoms with Crippen LogP contribution in [0.25, 0.3) is 0 Å². The number of nitrogens with one attached hydrogen (secondary N) is 1. The van der Waals surface area contributed by atoms with Gasteiger partial charge in [0.05, 0.1) is 0 Å². The molecule has 0 unspecified atom stereocenters. The van der Waals surface area contributed by atoms with Crippen molar-refractivity contribution in [3.05, 3.63) is 0 Å². The Morgan fingerprint density at radius 2 is 2.05 bits per heavy atom. The maximum atomic E-state index is 11.9. The summed E-state index contributed by atoms with van der Waals surface area (Å²) in [4.78, 5) is 23.3. The van der Waals surface area contributed by atoms with Gasteiger partial charge in [0.1, 0.15) is 24.9 Å². The SMILES string of the molecule is CO[C@H]1O[C@H]([C@]2(C(N)=O)COC(=O)N2)[C@@H]2OC(C)(C)O[C@H]12. The molecule has 0 aromatic carbocycles. The molecule has 0 aromatic heterocycles. The van der Waals surface area contributed by atoms with Crippen LogP contribution in [0.2, 0.25) is 0 Å². The van der Waals surface area contributed by atoms with Gasteiger partial charge < -0.3 is 34.7 Å². The third-order valence-electron chi connectivity index (χ3n) is 3.92. The lowest BCUT2D eigenvalue weighted by atomic mass is 9.89. The molecule has 3 N–H and O–H groups in total. The molecule has 0 radical (unpaired) electrons. The number of methoxy groups -OCH3 is 1. The molecule has 3 saturated heterocycles. The van der Waals surface area contributed by atoms with Crippen molar-refractivity contribution in [1.29, 1.82) is 0 Å². The Hall–Kier alpha value is -1.42. The Bertz CT molecular complexity index is 482. The van der Waals surface area contributed by atoms with E-state index in [1.54, 1.807) is 13.8 Å². The van der Waals surface area contributed by atoms with Gasteiger partial charge in [-0.25, -0.2) is 4.79 Å². The van der Waals surface area contributed by atoms with Crippen molar-refractivity contribution < 1.29 is 33.3 Å². The smallest absolute Gasteiger partial charge is 0.408 e. The first-order valence-electron chi connectivity index (χ1n) is 6.58. The Morgan fingerprint density at radius 1 is 1.38 bits per heavy atom. The minimum atomic E-state index is -1.50. The quantitative estimate of drug-likeness (QED) is 0.675. The number of hydrogen-bond donors (Lipinski definition) is 2. The second-order valence-corrected chi connectivity index (χ2v) is 5.76. The van der Waals surface area contributed by atoms with Gasteiger partial charge in [-0.1, -0.05) is 0 Å². The van der Waals surface area contributed by atoms with E-state index in [9.17, 15) is 9.59 Å². The van der Waals surface area contributed by atoms with E-state index in [-0.39, 0.29) is 6.61 Å². The summed E-state index contributed by atoms with van der Waals surface area (Å²) < 4.78 is 27.3. The first-order chi connectivity index (χ1) is 9.79. The van der Waals surface area contributed by atoms with Crippen LogP contribution < -0.4 is 11.1 Å². The summed E-state index contributed by atoms with van der Waals surface area (Å²) in [5.41, 5.74) is 3.96. The number of primary amides is 1. The van der Waals surface area contributed by atoms with Crippen LogP contribution in [0.15, 0.2) is 0 Å². The number of amides is 2. The molecule has 3 rings (SSSR count). The number of alkyl carbamates (subject to hydrolysis) is 1. The molecule has 21 heavy (non-hydrogen) atoms. The molecular weight excluding hydrogens is 284 g/mol. The summed E-state index contributed by atoms with van der Waals surface area (Å²) in [7, 11) is 1.46. The zero-order valence-corrected chi connectivity index (χ0v) is 12.0. The molecule has 3 aliphatic heterocycles. The van der Waals surface area contributed by atoms with Crippen LogP contribution in [0.5, 0.6) is 0 Å². The van der Waals surface area contributed by atoms with Gasteiger partial charge >= 0.3 is 6.09 Å². The van der Waals surface area contributed by atoms with E-state index >= 15 is 0 Å². The van der Waals surface area contributed by atoms with Gasteiger partial charge in [0.2, 0.25) is 5.91 Å². The van der Waals surface area contributed by atoms with Crippen molar-refractivity contribution in [3.63, 3.8) is 0 Å². The monoisotopic (exact) mass is 302 g/mol. The molecule has 0 aromatic rings. The number of carbonyl (C=O) groups excluding carboxylic acids is 2. The van der Waals surface area contributed by atoms with Crippen LogP contribution in [0.4, 0.5) is 4.79 Å². The van der Waals surface area contributed by atoms with E-state index in [4.69, 9.17) is 29.4 Å². The molecular formula is C12H18N2O7. The highest BCUT2D eigenvalue weighted by Gasteiger charge is 2.65. The second kappa shape index (κ2) is 4.54. The van der Waals surface area contributed by atoms with Crippen molar-refractivity contribution in [3.8, 4) is 0 Å². The zero-order valence-electron chi connectivity index (χ0n) is 12.0. The summed E-state index contributed by atoms with van der Waals surface area (Å²) in [6.07, 6.45) is -3.45. The van der Waals surface area contributed by atoms with Crippen LogP contribution >= 0.6 is 0 Å². The normalized spacial score (nSPS) is 44.2. The summed E-state index contributed by atoms with van der Waals surface area (Å²) >= 11 is 0. The molecule has 9 heteroatoms. The molecule has 5 atom stereocenters. The van der Waals surface area contributed by atoms with Crippen molar-refractivity contribution in [2.75, 3.05) is 13.7 Å². The first kappa shape index (κ1) is 14.5. The molecule has 0 aliphatic carbocycles. The molecule has 118 valence electrons. The van der Waals surface area contributed by atoms with Gasteiger partial charge in [-0.3, -0.25) is 4.79 Å². The lowest BCUT2D eigenvalue weighted by Crippen LogP contribution is -2.65. The van der Waals surface area contributed by atoms with Crippen molar-refractivity contribution in [1.82, 2.24) is 5.32 Å². The largest absolute Gasteiger partial charge is 0.446 e. The highest BCUT2D eigenvalue weighted by molar-refractivity contribution is 5.92. The fourth-order valence-corrected chi connectivity index (χ4v) is 3.01. The summed E-state index contributed by atoms with van der Waals surface area (Å²) in [5, 5.41) is 2.44. The number of rotatable bonds is 3. The van der Waals surface area contributed by atoms with Crippen LogP contribution in [0, 0.1) is 0 Å². The predicted molar refractivity (Wildman–Crippen MR) is 65.9 cm³/mol. The lowest BCUT2D eigenvalue weighted by molar-refractivity contribution is -0.234. The van der Waals surface area contributed by atoms with Gasteiger partial charge in [0.25, 0.3) is 0 Å². The first-order valence-corrected chi connectivity index (χ1v) is 6.58. The van der Waals surface area contributed by atoms with Crippen LogP contribution in [-0.2, 0) is 28.5 Å². The molecule has 3 heterocycles. The van der Waals surface area contributed by atoms with E-state index in [2.05, 4.69) is 5.32 Å². The molecule has 0 saturated carbocycles. The minimum absolute atomic E-state index is 0.227. The van der Waals surface area contributed by atoms with Crippen LogP contribution in [0.3, 0.4) is 0 Å². The predicted octanol–water partition coefficient (Wildman–Crippen LogP) is -1.16. The lowest BCUT2D eigenvalue weighted by Gasteiger charge is -2.32. The summed E-state index contributed by atoms with van der Waals surface area (Å²) in [6.45, 7) is 3.26. The number of ether oxygens (including phenoxy) is 5. The van der Waals surface area contributed by atoms with Gasteiger partial charge in [0.15, 0.2) is 17.6 Å². The topological polar surface area (TPSA) is 118 Å². The second-order valence-electron chi connectivity index (χ2n) is 5.76. The number of cyclic esters (lactones) is 1. The molecule has 3 fully saturated rings. The maximum absolute atomic E-state index is 11.9. The third-order valence-corrected chi connectivity index (χ3v) is 3.92. The van der Waals surface area contributed by atoms with Crippen molar-refractivity contribution in [2.45, 2.75) is 49.8 Å². The number of nitrogens with two attached hydrogens (primary N) is 1. The average molecular weight is 302 g/mol. The Morgan fingerprint density at radius 3 is 2.57 bits per heavy atom. The fourth-order valence-electron chi connectivity index (χ4n) is 3.01. The van der Waals surface area contributed by atoms with Crippen molar-refractivity contribution in [2.24, 2.45) is 5.73 Å². The Balaban J connectivity index is 1.94.